The number of amides is 1. The van der Waals surface area contributed by atoms with Gasteiger partial charge in [-0.1, -0.05) is 36.0 Å². The average Bonchev–Trinajstić information content (AvgIpc) is 2.74. The monoisotopic (exact) mass is 395 g/mol. The van der Waals surface area contributed by atoms with Crippen molar-refractivity contribution < 1.29 is 9.53 Å². The van der Waals surface area contributed by atoms with Crippen LogP contribution >= 0.6 is 11.8 Å². The number of hydrogen-bond donors (Lipinski definition) is 1. The van der Waals surface area contributed by atoms with Gasteiger partial charge in [-0.3, -0.25) is 4.79 Å². The van der Waals surface area contributed by atoms with Crippen molar-refractivity contribution in [1.29, 1.82) is 5.26 Å². The number of carbonyl (C=O) groups is 1. The molecule has 1 aromatic carbocycles. The van der Waals surface area contributed by atoms with Crippen LogP contribution < -0.4 is 5.32 Å². The summed E-state index contributed by atoms with van der Waals surface area (Å²) in [5, 5.41) is 13.0. The highest BCUT2D eigenvalue weighted by Crippen LogP contribution is 2.27. The van der Waals surface area contributed by atoms with E-state index >= 15 is 0 Å². The Bertz CT molecular complexity index is 877. The van der Waals surface area contributed by atoms with Gasteiger partial charge in [-0.2, -0.15) is 5.26 Å². The topological polar surface area (TPSA) is 75.0 Å². The number of aryl methyl sites for hydroxylation is 2. The molecule has 6 heteroatoms. The van der Waals surface area contributed by atoms with Gasteiger partial charge in [0.2, 0.25) is 5.91 Å². The highest BCUT2D eigenvalue weighted by atomic mass is 32.2. The maximum Gasteiger partial charge on any atom is 0.230 e. The Morgan fingerprint density at radius 2 is 2.07 bits per heavy atom. The van der Waals surface area contributed by atoms with Crippen LogP contribution in [0.1, 0.15) is 47.7 Å². The highest BCUT2D eigenvalue weighted by molar-refractivity contribution is 8.00. The summed E-state index contributed by atoms with van der Waals surface area (Å²) in [6.45, 7) is 3.63. The van der Waals surface area contributed by atoms with E-state index in [-0.39, 0.29) is 11.7 Å². The fourth-order valence-electron chi connectivity index (χ4n) is 3.27. The van der Waals surface area contributed by atoms with Crippen LogP contribution in [0.5, 0.6) is 0 Å². The molecule has 0 saturated carbocycles. The number of benzene rings is 1. The molecule has 1 aliphatic carbocycles. The van der Waals surface area contributed by atoms with E-state index in [0.29, 0.717) is 30.3 Å². The Morgan fingerprint density at radius 1 is 1.29 bits per heavy atom. The molecule has 0 radical (unpaired) electrons. The number of rotatable bonds is 8. The average molecular weight is 396 g/mol. The molecule has 0 unspecified atom stereocenters. The van der Waals surface area contributed by atoms with E-state index in [4.69, 9.17) is 4.74 Å². The zero-order valence-electron chi connectivity index (χ0n) is 16.2. The Balaban J connectivity index is 1.57. The van der Waals surface area contributed by atoms with E-state index < -0.39 is 0 Å². The van der Waals surface area contributed by atoms with Gasteiger partial charge in [0.1, 0.15) is 11.1 Å². The molecular formula is C22H25N3O2S. The second kappa shape index (κ2) is 10.3. The van der Waals surface area contributed by atoms with Gasteiger partial charge in [-0.15, -0.1) is 0 Å². The molecule has 0 spiro atoms. The van der Waals surface area contributed by atoms with Gasteiger partial charge in [0.15, 0.2) is 0 Å². The lowest BCUT2D eigenvalue weighted by atomic mass is 9.95. The quantitative estimate of drug-likeness (QED) is 0.689. The van der Waals surface area contributed by atoms with Crippen molar-refractivity contribution in [3.8, 4) is 6.07 Å². The molecule has 0 atom stereocenters. The summed E-state index contributed by atoms with van der Waals surface area (Å²) in [6, 6.07) is 12.1. The number of pyridine rings is 1. The molecule has 0 fully saturated rings. The van der Waals surface area contributed by atoms with Crippen LogP contribution in [0.15, 0.2) is 35.4 Å². The van der Waals surface area contributed by atoms with Crippen LogP contribution in [0.2, 0.25) is 0 Å². The van der Waals surface area contributed by atoms with Gasteiger partial charge in [-0.25, -0.2) is 4.98 Å². The molecule has 1 amide bonds. The first-order chi connectivity index (χ1) is 13.7. The van der Waals surface area contributed by atoms with Crippen molar-refractivity contribution in [3.05, 3.63) is 58.3 Å². The minimum atomic E-state index is -0.0698. The summed E-state index contributed by atoms with van der Waals surface area (Å²) in [5.74, 6) is 0.174. The maximum atomic E-state index is 12.3. The molecule has 5 nitrogen and oxygen atoms in total. The molecule has 1 aliphatic rings. The summed E-state index contributed by atoms with van der Waals surface area (Å²) < 4.78 is 5.49. The van der Waals surface area contributed by atoms with E-state index in [1.54, 1.807) is 0 Å². The standard InChI is InChI=1S/C22H25N3O2S/c1-2-27-14-18-9-4-3-8-17(18)13-24-21(26)15-28-22-19(12-23)11-16-7-5-6-10-20(16)25-22/h3-4,8-9,11H,2,5-7,10,13-15H2,1H3,(H,24,26). The molecule has 28 heavy (non-hydrogen) atoms. The van der Waals surface area contributed by atoms with E-state index in [1.807, 2.05) is 37.3 Å². The fourth-order valence-corrected chi connectivity index (χ4v) is 4.07. The number of hydrogen-bond acceptors (Lipinski definition) is 5. The Kier molecular flexibility index (Phi) is 7.46. The lowest BCUT2D eigenvalue weighted by Gasteiger charge is -2.16. The molecule has 146 valence electrons. The Hall–Kier alpha value is -2.36. The van der Waals surface area contributed by atoms with Crippen molar-refractivity contribution in [2.45, 2.75) is 50.8 Å². The minimum Gasteiger partial charge on any atom is -0.377 e. The maximum absolute atomic E-state index is 12.3. The van der Waals surface area contributed by atoms with Crippen molar-refractivity contribution in [2.75, 3.05) is 12.4 Å². The number of thioether (sulfide) groups is 1. The van der Waals surface area contributed by atoms with Gasteiger partial charge in [0.05, 0.1) is 17.9 Å². The lowest BCUT2D eigenvalue weighted by Crippen LogP contribution is -2.25. The summed E-state index contributed by atoms with van der Waals surface area (Å²) >= 11 is 1.34. The third-order valence-electron chi connectivity index (χ3n) is 4.78. The van der Waals surface area contributed by atoms with Crippen LogP contribution in [0, 0.1) is 11.3 Å². The molecule has 0 aliphatic heterocycles. The minimum absolute atomic E-state index is 0.0698. The first-order valence-corrected chi connectivity index (χ1v) is 10.7. The van der Waals surface area contributed by atoms with Gasteiger partial charge < -0.3 is 10.1 Å². The van der Waals surface area contributed by atoms with Crippen LogP contribution in [0.25, 0.3) is 0 Å². The number of ether oxygens (including phenoxy) is 1. The number of nitrogens with zero attached hydrogens (tertiary/aromatic N) is 2. The molecule has 0 bridgehead atoms. The molecule has 3 rings (SSSR count). The third kappa shape index (κ3) is 5.34. The molecule has 1 aromatic heterocycles. The van der Waals surface area contributed by atoms with Crippen LogP contribution in [0.3, 0.4) is 0 Å². The molecule has 0 saturated heterocycles. The number of carbonyl (C=O) groups excluding carboxylic acids is 1. The summed E-state index contributed by atoms with van der Waals surface area (Å²) in [5.41, 5.74) is 4.97. The van der Waals surface area contributed by atoms with Crippen molar-refractivity contribution in [3.63, 3.8) is 0 Å². The highest BCUT2D eigenvalue weighted by Gasteiger charge is 2.16. The van der Waals surface area contributed by atoms with E-state index in [2.05, 4.69) is 16.4 Å². The van der Waals surface area contributed by atoms with E-state index in [1.165, 1.54) is 17.3 Å². The normalized spacial score (nSPS) is 12.9. The second-order valence-corrected chi connectivity index (χ2v) is 7.70. The van der Waals surface area contributed by atoms with Gasteiger partial charge in [-0.05, 0) is 55.4 Å². The number of fused-ring (bicyclic) bond motifs is 1. The van der Waals surface area contributed by atoms with Gasteiger partial charge in [0, 0.05) is 18.8 Å². The van der Waals surface area contributed by atoms with Crippen molar-refractivity contribution >= 4 is 17.7 Å². The fraction of sp³-hybridized carbons (Fsp3) is 0.409. The number of aromatic nitrogens is 1. The first-order valence-electron chi connectivity index (χ1n) is 9.68. The summed E-state index contributed by atoms with van der Waals surface area (Å²) in [6.07, 6.45) is 4.23. The van der Waals surface area contributed by atoms with Crippen LogP contribution in [0.4, 0.5) is 0 Å². The number of nitriles is 1. The molecule has 1 heterocycles. The van der Waals surface area contributed by atoms with Crippen LogP contribution in [-0.4, -0.2) is 23.3 Å². The smallest absolute Gasteiger partial charge is 0.230 e. The van der Waals surface area contributed by atoms with Gasteiger partial charge in [0.25, 0.3) is 0 Å². The number of nitrogens with one attached hydrogen (secondary N) is 1. The summed E-state index contributed by atoms with van der Waals surface area (Å²) in [7, 11) is 0. The lowest BCUT2D eigenvalue weighted by molar-refractivity contribution is -0.118. The Labute approximate surface area is 170 Å². The van der Waals surface area contributed by atoms with Gasteiger partial charge >= 0.3 is 0 Å². The molecule has 2 aromatic rings. The Morgan fingerprint density at radius 3 is 2.86 bits per heavy atom. The zero-order chi connectivity index (χ0) is 19.8. The second-order valence-electron chi connectivity index (χ2n) is 6.74. The first kappa shape index (κ1) is 20.4. The van der Waals surface area contributed by atoms with E-state index in [9.17, 15) is 10.1 Å². The molecule has 1 N–H and O–H groups in total. The third-order valence-corrected chi connectivity index (χ3v) is 5.77. The zero-order valence-corrected chi connectivity index (χ0v) is 17.0. The predicted octanol–water partition coefficient (Wildman–Crippen LogP) is 3.78. The largest absolute Gasteiger partial charge is 0.377 e. The predicted molar refractivity (Wildman–Crippen MR) is 110 cm³/mol. The van der Waals surface area contributed by atoms with Crippen molar-refractivity contribution in [1.82, 2.24) is 10.3 Å². The SMILES string of the molecule is CCOCc1ccccc1CNC(=O)CSc1nc2c(cc1C#N)CCCC2. The van der Waals surface area contributed by atoms with Crippen LogP contribution in [-0.2, 0) is 35.5 Å². The van der Waals surface area contributed by atoms with E-state index in [0.717, 1.165) is 42.5 Å². The van der Waals surface area contributed by atoms with Crippen molar-refractivity contribution in [2.24, 2.45) is 0 Å². The molecular weight excluding hydrogens is 370 g/mol. The summed E-state index contributed by atoms with van der Waals surface area (Å²) in [4.78, 5) is 17.0.